The Morgan fingerprint density at radius 1 is 0.579 bits per heavy atom. The van der Waals surface area contributed by atoms with E-state index in [2.05, 4.69) is 138 Å². The molecule has 0 saturated heterocycles. The van der Waals surface area contributed by atoms with Crippen molar-refractivity contribution < 1.29 is 0 Å². The number of benzene rings is 4. The fourth-order valence-corrected chi connectivity index (χ4v) is 7.06. The van der Waals surface area contributed by atoms with E-state index in [9.17, 15) is 0 Å². The number of hydrogen-bond acceptors (Lipinski definition) is 2. The monoisotopic (exact) mass is 498 g/mol. The van der Waals surface area contributed by atoms with E-state index in [1.54, 1.807) is 0 Å². The maximum absolute atomic E-state index is 2.54. The van der Waals surface area contributed by atoms with Crippen LogP contribution in [0.5, 0.6) is 0 Å². The van der Waals surface area contributed by atoms with Crippen LogP contribution in [0.4, 0.5) is 11.4 Å². The maximum Gasteiger partial charge on any atom is 0.411 e. The van der Waals surface area contributed by atoms with Gasteiger partial charge in [0.25, 0.3) is 0 Å². The van der Waals surface area contributed by atoms with Crippen molar-refractivity contribution >= 4 is 46.9 Å². The Balaban J connectivity index is 1.64. The Bertz CT molecular complexity index is 1340. The van der Waals surface area contributed by atoms with Crippen LogP contribution < -0.4 is 31.5 Å². The van der Waals surface area contributed by atoms with Crippen molar-refractivity contribution in [2.45, 2.75) is 55.4 Å². The van der Waals surface area contributed by atoms with Crippen LogP contribution in [0.15, 0.2) is 72.8 Å². The highest BCUT2D eigenvalue weighted by atomic mass is 15.3. The first kappa shape index (κ1) is 26.2. The van der Waals surface area contributed by atoms with Gasteiger partial charge in [-0.2, -0.15) is 0 Å². The smallest absolute Gasteiger partial charge is 0.391 e. The molecule has 0 aromatic heterocycles. The number of aryl methyl sites for hydroxylation is 6. The highest BCUT2D eigenvalue weighted by Crippen LogP contribution is 2.37. The normalized spacial score (nSPS) is 12.8. The van der Waals surface area contributed by atoms with Gasteiger partial charge < -0.3 is 9.62 Å². The Morgan fingerprint density at radius 3 is 1.34 bits per heavy atom. The minimum atomic E-state index is 0.204. The van der Waals surface area contributed by atoms with Crippen molar-refractivity contribution in [1.82, 2.24) is 0 Å². The molecule has 0 unspecified atom stereocenters. The third kappa shape index (κ3) is 4.45. The molecule has 4 heteroatoms. The third-order valence-corrected chi connectivity index (χ3v) is 8.39. The first-order valence-electron chi connectivity index (χ1n) is 14.1. The lowest BCUT2D eigenvalue weighted by Crippen LogP contribution is -2.58. The highest BCUT2D eigenvalue weighted by Gasteiger charge is 2.40. The van der Waals surface area contributed by atoms with Crippen LogP contribution >= 0.6 is 0 Å². The van der Waals surface area contributed by atoms with Gasteiger partial charge in [-0.3, -0.25) is 0 Å². The van der Waals surface area contributed by atoms with E-state index in [-0.39, 0.29) is 13.7 Å². The second kappa shape index (κ2) is 10.4. The van der Waals surface area contributed by atoms with Gasteiger partial charge in [-0.05, 0) is 73.0 Å². The first-order chi connectivity index (χ1) is 18.2. The zero-order valence-corrected chi connectivity index (χ0v) is 24.4. The average molecular weight is 498 g/mol. The predicted octanol–water partition coefficient (Wildman–Crippen LogP) is 5.11. The molecular weight excluding hydrogens is 458 g/mol. The fourth-order valence-electron chi connectivity index (χ4n) is 7.06. The van der Waals surface area contributed by atoms with E-state index in [0.29, 0.717) is 0 Å². The van der Waals surface area contributed by atoms with Crippen molar-refractivity contribution in [3.05, 3.63) is 106 Å². The molecule has 0 amide bonds. The highest BCUT2D eigenvalue weighted by molar-refractivity contribution is 6.96. The average Bonchev–Trinajstić information content (AvgIpc) is 3.20. The van der Waals surface area contributed by atoms with Crippen molar-refractivity contribution in [1.29, 1.82) is 0 Å². The van der Waals surface area contributed by atoms with Gasteiger partial charge in [0.1, 0.15) is 0 Å². The van der Waals surface area contributed by atoms with Gasteiger partial charge >= 0.3 is 6.98 Å². The molecule has 0 spiro atoms. The minimum absolute atomic E-state index is 0.204. The summed E-state index contributed by atoms with van der Waals surface area (Å²) in [5.74, 6) is 0. The number of hydrogen-bond donors (Lipinski definition) is 0. The number of nitrogens with zero attached hydrogens (tertiary/aromatic N) is 2. The molecule has 1 aliphatic heterocycles. The lowest BCUT2D eigenvalue weighted by atomic mass is 9.34. The Kier molecular flexibility index (Phi) is 7.18. The van der Waals surface area contributed by atoms with E-state index in [1.165, 1.54) is 66.6 Å². The van der Waals surface area contributed by atoms with Gasteiger partial charge in [0, 0.05) is 24.5 Å². The molecule has 4 aromatic rings. The van der Waals surface area contributed by atoms with E-state index >= 15 is 0 Å². The Hall–Kier alpha value is -3.39. The van der Waals surface area contributed by atoms with E-state index in [0.717, 1.165) is 13.1 Å². The molecule has 0 atom stereocenters. The second-order valence-corrected chi connectivity index (χ2v) is 11.2. The Morgan fingerprint density at radius 2 is 0.974 bits per heavy atom. The van der Waals surface area contributed by atoms with Gasteiger partial charge in [0.05, 0.1) is 0 Å². The molecule has 0 fully saturated rings. The van der Waals surface area contributed by atoms with Gasteiger partial charge in [-0.25, -0.2) is 0 Å². The van der Waals surface area contributed by atoms with Crippen molar-refractivity contribution in [2.75, 3.05) is 22.7 Å². The minimum Gasteiger partial charge on any atom is -0.391 e. The summed E-state index contributed by atoms with van der Waals surface area (Å²) >= 11 is 0. The number of fused-ring (bicyclic) bond motifs is 1. The molecule has 0 aliphatic carbocycles. The molecule has 192 valence electrons. The summed E-state index contributed by atoms with van der Waals surface area (Å²) < 4.78 is 0. The standard InChI is InChI=1S/C34H40B2N2/c1-9-37-31-13-11-12-14-32(31)38(10-2)36(37)30-17-15-29(16-18-30)35(33-25(5)19-23(3)20-26(33)6)34-27(7)21-24(4)22-28(34)8/h11-22H,9-10H2,1-8H3. The lowest BCUT2D eigenvalue weighted by molar-refractivity contribution is 1.06. The summed E-state index contributed by atoms with van der Waals surface area (Å²) in [6.45, 7) is 20.4. The molecule has 5 rings (SSSR count). The van der Waals surface area contributed by atoms with Gasteiger partial charge in [0.2, 0.25) is 6.71 Å². The fraction of sp³-hybridized carbons (Fsp3) is 0.294. The number of anilines is 2. The van der Waals surface area contributed by atoms with Crippen LogP contribution in [-0.4, -0.2) is 26.8 Å². The van der Waals surface area contributed by atoms with E-state index in [4.69, 9.17) is 0 Å². The van der Waals surface area contributed by atoms with Crippen molar-refractivity contribution in [3.63, 3.8) is 0 Å². The lowest BCUT2D eigenvalue weighted by Gasteiger charge is -2.29. The summed E-state index contributed by atoms with van der Waals surface area (Å²) in [7, 11) is 0. The summed E-state index contributed by atoms with van der Waals surface area (Å²) in [5, 5.41) is 0. The topological polar surface area (TPSA) is 6.48 Å². The predicted molar refractivity (Wildman–Crippen MR) is 170 cm³/mol. The number of rotatable bonds is 6. The van der Waals surface area contributed by atoms with Gasteiger partial charge in [-0.15, -0.1) is 0 Å². The summed E-state index contributed by atoms with van der Waals surface area (Å²) in [6.07, 6.45) is 0. The Labute approximate surface area is 230 Å². The quantitative estimate of drug-likeness (QED) is 0.341. The largest absolute Gasteiger partial charge is 0.411 e. The van der Waals surface area contributed by atoms with Crippen LogP contribution in [0.2, 0.25) is 0 Å². The van der Waals surface area contributed by atoms with Crippen LogP contribution in [0, 0.1) is 41.5 Å². The zero-order valence-electron chi connectivity index (χ0n) is 24.4. The third-order valence-electron chi connectivity index (χ3n) is 8.39. The summed E-state index contributed by atoms with van der Waals surface area (Å²) in [4.78, 5) is 5.07. The SMILES string of the molecule is CCN1B(c2ccc(B(c3c(C)cc(C)cc3C)c3c(C)cc(C)cc3C)cc2)N(CC)c2ccccc21. The summed E-state index contributed by atoms with van der Waals surface area (Å²) in [6, 6.07) is 27.7. The van der Waals surface area contributed by atoms with Gasteiger partial charge in [0.15, 0.2) is 0 Å². The molecule has 1 heterocycles. The van der Waals surface area contributed by atoms with E-state index in [1.807, 2.05) is 0 Å². The molecule has 1 aliphatic rings. The van der Waals surface area contributed by atoms with Crippen LogP contribution in [0.3, 0.4) is 0 Å². The molecule has 0 saturated carbocycles. The number of para-hydroxylation sites is 2. The second-order valence-electron chi connectivity index (χ2n) is 11.2. The first-order valence-corrected chi connectivity index (χ1v) is 14.1. The molecular formula is C34H40B2N2. The van der Waals surface area contributed by atoms with Crippen molar-refractivity contribution in [2.24, 2.45) is 0 Å². The van der Waals surface area contributed by atoms with Crippen LogP contribution in [0.1, 0.15) is 47.2 Å². The molecule has 2 nitrogen and oxygen atoms in total. The van der Waals surface area contributed by atoms with Crippen molar-refractivity contribution in [3.8, 4) is 0 Å². The molecule has 4 aromatic carbocycles. The molecule has 0 N–H and O–H groups in total. The molecule has 0 bridgehead atoms. The molecule has 38 heavy (non-hydrogen) atoms. The maximum atomic E-state index is 2.54. The van der Waals surface area contributed by atoms with E-state index < -0.39 is 0 Å². The zero-order chi connectivity index (χ0) is 27.1. The van der Waals surface area contributed by atoms with Gasteiger partial charge in [-0.1, -0.05) is 110 Å². The van der Waals surface area contributed by atoms with Crippen LogP contribution in [0.25, 0.3) is 0 Å². The summed E-state index contributed by atoms with van der Waals surface area (Å²) in [5.41, 5.74) is 16.4. The molecule has 0 radical (unpaired) electrons. The van der Waals surface area contributed by atoms with Crippen LogP contribution in [-0.2, 0) is 0 Å².